The summed E-state index contributed by atoms with van der Waals surface area (Å²) in [4.78, 5) is 32.2. The van der Waals surface area contributed by atoms with Crippen molar-refractivity contribution in [3.05, 3.63) is 69.1 Å². The minimum absolute atomic E-state index is 0.0887. The molecule has 2 fully saturated rings. The highest BCUT2D eigenvalue weighted by Crippen LogP contribution is 2.42. The van der Waals surface area contributed by atoms with Gasteiger partial charge in [-0.2, -0.15) is 30.6 Å². The predicted octanol–water partition coefficient (Wildman–Crippen LogP) is 5.69. The Morgan fingerprint density at radius 2 is 1.57 bits per heavy atom. The first-order valence-corrected chi connectivity index (χ1v) is 18.2. The van der Waals surface area contributed by atoms with Crippen LogP contribution in [-0.2, 0) is 21.0 Å². The molecule has 53 heavy (non-hydrogen) atoms. The van der Waals surface area contributed by atoms with Crippen LogP contribution >= 0.6 is 0 Å². The Morgan fingerprint density at radius 1 is 0.981 bits per heavy atom. The Kier molecular flexibility index (Phi) is 10.6. The lowest BCUT2D eigenvalue weighted by Gasteiger charge is -2.36. The van der Waals surface area contributed by atoms with E-state index in [0.717, 1.165) is 21.8 Å². The van der Waals surface area contributed by atoms with Crippen molar-refractivity contribution < 1.29 is 58.6 Å². The normalized spacial score (nSPS) is 19.8. The van der Waals surface area contributed by atoms with Gasteiger partial charge in [0.25, 0.3) is 11.8 Å². The summed E-state index contributed by atoms with van der Waals surface area (Å²) in [7, 11) is -4.03. The van der Waals surface area contributed by atoms with E-state index >= 15 is 0 Å². The summed E-state index contributed by atoms with van der Waals surface area (Å²) in [5, 5.41) is 13.6. The van der Waals surface area contributed by atoms with E-state index in [1.807, 2.05) is 0 Å². The van der Waals surface area contributed by atoms with Gasteiger partial charge in [0.2, 0.25) is 10.0 Å². The van der Waals surface area contributed by atoms with Crippen LogP contribution in [0.15, 0.2) is 40.7 Å². The van der Waals surface area contributed by atoms with Crippen molar-refractivity contribution in [3.8, 4) is 5.75 Å². The number of alkyl halides is 7. The fourth-order valence-corrected chi connectivity index (χ4v) is 7.64. The van der Waals surface area contributed by atoms with Crippen LogP contribution in [0.3, 0.4) is 0 Å². The zero-order valence-electron chi connectivity index (χ0n) is 29.3. The summed E-state index contributed by atoms with van der Waals surface area (Å²) in [5.74, 6) is -2.22. The number of hydrogen-bond donors (Lipinski definition) is 2. The lowest BCUT2D eigenvalue weighted by molar-refractivity contribution is -0.236. The Bertz CT molecular complexity index is 1920. The second-order valence-electron chi connectivity index (χ2n) is 14.2. The third-order valence-corrected chi connectivity index (χ3v) is 11.5. The maximum atomic E-state index is 13.7. The first-order valence-electron chi connectivity index (χ1n) is 16.7. The number of carbonyl (C=O) groups excluding carboxylic acids is 2. The number of rotatable bonds is 8. The van der Waals surface area contributed by atoms with Crippen LogP contribution in [0.25, 0.3) is 6.08 Å². The first kappa shape index (κ1) is 40.2. The van der Waals surface area contributed by atoms with Gasteiger partial charge in [-0.3, -0.25) is 14.6 Å². The number of likely N-dealkylation sites (tertiary alicyclic amines) is 1. The predicted molar refractivity (Wildman–Crippen MR) is 180 cm³/mol. The summed E-state index contributed by atoms with van der Waals surface area (Å²) >= 11 is 0. The van der Waals surface area contributed by atoms with Gasteiger partial charge in [-0.15, -0.1) is 0 Å². The third-order valence-electron chi connectivity index (χ3n) is 9.98. The minimum Gasteiger partial charge on any atom is -0.478 e. The Labute approximate surface area is 301 Å². The molecule has 0 bridgehead atoms. The molecule has 3 aliphatic rings. The molecule has 10 nitrogen and oxygen atoms in total. The minimum atomic E-state index is -5.05. The van der Waals surface area contributed by atoms with Crippen molar-refractivity contribution in [2.45, 2.75) is 82.5 Å². The summed E-state index contributed by atoms with van der Waals surface area (Å²) < 4.78 is 127. The zero-order valence-corrected chi connectivity index (χ0v) is 30.1. The molecule has 0 radical (unpaired) electrons. The summed E-state index contributed by atoms with van der Waals surface area (Å²) in [6.45, 7) is 3.81. The van der Waals surface area contributed by atoms with E-state index in [1.165, 1.54) is 11.0 Å². The zero-order chi connectivity index (χ0) is 39.4. The molecule has 18 heteroatoms. The lowest BCUT2D eigenvalue weighted by Crippen LogP contribution is -2.50. The Hall–Kier alpha value is -4.03. The number of sulfonamides is 1. The fourth-order valence-electron chi connectivity index (χ4n) is 6.47. The number of aliphatic hydroxyl groups is 1. The smallest absolute Gasteiger partial charge is 0.427 e. The van der Waals surface area contributed by atoms with Crippen LogP contribution in [0.2, 0.25) is 0 Å². The van der Waals surface area contributed by atoms with Gasteiger partial charge in [-0.1, -0.05) is 6.07 Å². The second-order valence-corrected chi connectivity index (χ2v) is 16.0. The Morgan fingerprint density at radius 3 is 2.09 bits per heavy atom. The van der Waals surface area contributed by atoms with E-state index in [-0.39, 0.29) is 69.2 Å². The van der Waals surface area contributed by atoms with Crippen molar-refractivity contribution >= 4 is 33.7 Å². The first-order chi connectivity index (χ1) is 24.4. The molecule has 2 amide bonds. The van der Waals surface area contributed by atoms with E-state index in [2.05, 4.69) is 10.3 Å². The fraction of sp³-hybridized carbons (Fsp3) is 0.514. The van der Waals surface area contributed by atoms with Gasteiger partial charge in [0, 0.05) is 42.7 Å². The molecule has 3 aliphatic heterocycles. The SMILES string of the molecule is Cc1cc(C(=O)N2CCC(O)(CF)CC2)cc(C)c1C=CS(=O)(=O)N1CCC2(CC1)N=C(c1ccc(C(F)(F)F)c(OC(C)(C)C(F)(F)F)c1)NC2=O. The van der Waals surface area contributed by atoms with E-state index in [1.54, 1.807) is 26.0 Å². The quantitative estimate of drug-likeness (QED) is 0.332. The van der Waals surface area contributed by atoms with Gasteiger partial charge in [0.15, 0.2) is 5.60 Å². The molecule has 0 atom stereocenters. The maximum Gasteiger partial charge on any atom is 0.427 e. The molecule has 0 aliphatic carbocycles. The van der Waals surface area contributed by atoms with Crippen molar-refractivity contribution in [2.24, 2.45) is 4.99 Å². The number of ether oxygens (including phenoxy) is 1. The summed E-state index contributed by atoms with van der Waals surface area (Å²) in [5.41, 5.74) is -5.29. The number of nitrogens with zero attached hydrogens (tertiary/aromatic N) is 3. The van der Waals surface area contributed by atoms with Crippen molar-refractivity contribution in [1.82, 2.24) is 14.5 Å². The average Bonchev–Trinajstić information content (AvgIpc) is 3.37. The number of halogens is 7. The number of amidine groups is 1. The van der Waals surface area contributed by atoms with Crippen molar-refractivity contribution in [1.29, 1.82) is 0 Å². The van der Waals surface area contributed by atoms with Gasteiger partial charge >= 0.3 is 12.4 Å². The molecule has 3 heterocycles. The van der Waals surface area contributed by atoms with Gasteiger partial charge in [-0.25, -0.2) is 12.8 Å². The molecule has 1 spiro atoms. The molecule has 2 saturated heterocycles. The molecular formula is C35H39F7N4O6S. The van der Waals surface area contributed by atoms with Crippen molar-refractivity contribution in [3.63, 3.8) is 0 Å². The molecule has 2 aromatic carbocycles. The molecule has 2 aromatic rings. The molecule has 5 rings (SSSR count). The van der Waals surface area contributed by atoms with Gasteiger partial charge < -0.3 is 20.1 Å². The highest BCUT2D eigenvalue weighted by molar-refractivity contribution is 7.92. The number of benzene rings is 2. The van der Waals surface area contributed by atoms with E-state index in [0.29, 0.717) is 42.2 Å². The Balaban J connectivity index is 1.29. The standard InChI is InChI=1S/C35H39F7N4O6S/c1-21-17-24(29(47)45-12-8-32(49,20-36)9-13-45)18-22(2)25(21)7-16-53(50,51)46-14-10-33(11-15-46)30(48)43-28(44-33)23-5-6-26(34(37,38)39)27(19-23)52-31(3,4)35(40,41)42/h5-7,16-19,49H,8-15,20H2,1-4H3,(H,43,44,48). The van der Waals surface area contributed by atoms with Gasteiger partial charge in [-0.05, 0) is 100 Å². The lowest BCUT2D eigenvalue weighted by atomic mass is 9.89. The molecule has 290 valence electrons. The average molecular weight is 777 g/mol. The number of carbonyl (C=O) groups is 2. The highest BCUT2D eigenvalue weighted by Gasteiger charge is 2.51. The van der Waals surface area contributed by atoms with Crippen LogP contribution in [0, 0.1) is 13.8 Å². The summed E-state index contributed by atoms with van der Waals surface area (Å²) in [6, 6.07) is 5.47. The largest absolute Gasteiger partial charge is 0.478 e. The summed E-state index contributed by atoms with van der Waals surface area (Å²) in [6.07, 6.45) is -8.60. The topological polar surface area (TPSA) is 129 Å². The van der Waals surface area contributed by atoms with Gasteiger partial charge in [0.05, 0.1) is 11.2 Å². The van der Waals surface area contributed by atoms with Crippen LogP contribution in [0.4, 0.5) is 30.7 Å². The number of aliphatic imine (C=N–C) groups is 1. The maximum absolute atomic E-state index is 13.7. The number of piperidine rings is 2. The van der Waals surface area contributed by atoms with Crippen LogP contribution in [-0.4, -0.2) is 96.2 Å². The molecule has 0 saturated carbocycles. The molecule has 0 unspecified atom stereocenters. The number of amides is 2. The van der Waals surface area contributed by atoms with Crippen LogP contribution < -0.4 is 10.1 Å². The van der Waals surface area contributed by atoms with E-state index < -0.39 is 63.0 Å². The number of aryl methyl sites for hydroxylation is 2. The number of hydrogen-bond acceptors (Lipinski definition) is 7. The van der Waals surface area contributed by atoms with E-state index in [9.17, 15) is 53.8 Å². The van der Waals surface area contributed by atoms with Crippen LogP contribution in [0.1, 0.15) is 77.7 Å². The van der Waals surface area contributed by atoms with E-state index in [4.69, 9.17) is 4.74 Å². The molecular weight excluding hydrogens is 737 g/mol. The third kappa shape index (κ3) is 8.23. The molecule has 2 N–H and O–H groups in total. The monoisotopic (exact) mass is 776 g/mol. The number of nitrogens with one attached hydrogen (secondary N) is 1. The van der Waals surface area contributed by atoms with Crippen molar-refractivity contribution in [2.75, 3.05) is 32.9 Å². The molecule has 0 aromatic heterocycles. The van der Waals surface area contributed by atoms with Crippen LogP contribution in [0.5, 0.6) is 5.75 Å². The van der Waals surface area contributed by atoms with Gasteiger partial charge in [0.1, 0.15) is 23.8 Å². The second kappa shape index (κ2) is 14.0. The highest BCUT2D eigenvalue weighted by atomic mass is 32.2.